The van der Waals surface area contributed by atoms with Gasteiger partial charge in [-0.1, -0.05) is 52.9 Å². The summed E-state index contributed by atoms with van der Waals surface area (Å²) in [5.41, 5.74) is 7.42. The van der Waals surface area contributed by atoms with E-state index in [4.69, 9.17) is 22.3 Å². The van der Waals surface area contributed by atoms with Crippen LogP contribution in [-0.2, 0) is 4.79 Å². The highest BCUT2D eigenvalue weighted by molar-refractivity contribution is 8.03. The maximum absolute atomic E-state index is 10.9. The van der Waals surface area contributed by atoms with E-state index in [1.165, 1.54) is 34.9 Å². The second-order valence-electron chi connectivity index (χ2n) is 5.26. The molecule has 0 aliphatic heterocycles. The summed E-state index contributed by atoms with van der Waals surface area (Å²) in [6.45, 7) is 1.85. The van der Waals surface area contributed by atoms with Crippen LogP contribution in [0.2, 0.25) is 5.02 Å². The van der Waals surface area contributed by atoms with Gasteiger partial charge in [0.05, 0.1) is 17.0 Å². The van der Waals surface area contributed by atoms with Crippen LogP contribution in [0.25, 0.3) is 16.6 Å². The van der Waals surface area contributed by atoms with Crippen molar-refractivity contribution in [1.82, 2.24) is 24.8 Å². The zero-order chi connectivity index (χ0) is 18.3. The third-order valence-electron chi connectivity index (χ3n) is 3.44. The Morgan fingerprint density at radius 2 is 2.08 bits per heavy atom. The van der Waals surface area contributed by atoms with Crippen molar-refractivity contribution < 1.29 is 4.79 Å². The van der Waals surface area contributed by atoms with Crippen molar-refractivity contribution >= 4 is 68.9 Å². The van der Waals surface area contributed by atoms with Crippen LogP contribution in [0.5, 0.6) is 0 Å². The number of halogens is 1. The molecule has 0 radical (unpaired) electrons. The summed E-state index contributed by atoms with van der Waals surface area (Å²) in [7, 11) is 0. The quantitative estimate of drug-likeness (QED) is 0.388. The molecule has 3 aromatic heterocycles. The van der Waals surface area contributed by atoms with Gasteiger partial charge in [-0.05, 0) is 24.8 Å². The molecule has 0 unspecified atom stereocenters. The van der Waals surface area contributed by atoms with Crippen LogP contribution in [0.3, 0.4) is 0 Å². The SMILES string of the molecule is Cc1nn2c(nc(Sc3nnc(SCC(N)=O)s3)c3ccccc32)c1Cl. The van der Waals surface area contributed by atoms with E-state index >= 15 is 0 Å². The molecule has 4 aromatic rings. The predicted molar refractivity (Wildman–Crippen MR) is 104 cm³/mol. The van der Waals surface area contributed by atoms with Crippen LogP contribution >= 0.6 is 46.5 Å². The predicted octanol–water partition coefficient (Wildman–Crippen LogP) is 3.42. The first-order chi connectivity index (χ1) is 12.5. The van der Waals surface area contributed by atoms with E-state index in [9.17, 15) is 4.79 Å². The minimum atomic E-state index is -0.386. The monoisotopic (exact) mass is 422 g/mol. The van der Waals surface area contributed by atoms with Crippen molar-refractivity contribution in [2.24, 2.45) is 5.73 Å². The molecule has 3 heterocycles. The molecule has 26 heavy (non-hydrogen) atoms. The Kier molecular flexibility index (Phi) is 4.74. The average molecular weight is 423 g/mol. The number of aromatic nitrogens is 5. The Balaban J connectivity index is 1.76. The molecular formula is C15H11ClN6OS3. The molecule has 1 aromatic carbocycles. The molecule has 0 atom stereocenters. The normalized spacial score (nSPS) is 11.5. The summed E-state index contributed by atoms with van der Waals surface area (Å²) in [6.07, 6.45) is 0. The van der Waals surface area contributed by atoms with E-state index in [0.29, 0.717) is 15.0 Å². The number of benzene rings is 1. The van der Waals surface area contributed by atoms with Gasteiger partial charge in [0.1, 0.15) is 10.0 Å². The summed E-state index contributed by atoms with van der Waals surface area (Å²) in [5.74, 6) is -0.208. The minimum absolute atomic E-state index is 0.178. The van der Waals surface area contributed by atoms with Crippen molar-refractivity contribution in [3.63, 3.8) is 0 Å². The number of carbonyl (C=O) groups is 1. The molecule has 7 nitrogen and oxygen atoms in total. The molecule has 1 amide bonds. The third kappa shape index (κ3) is 3.25. The van der Waals surface area contributed by atoms with Crippen LogP contribution in [-0.4, -0.2) is 36.5 Å². The highest BCUT2D eigenvalue weighted by Crippen LogP contribution is 2.37. The van der Waals surface area contributed by atoms with Crippen LogP contribution in [0.4, 0.5) is 0 Å². The highest BCUT2D eigenvalue weighted by atomic mass is 35.5. The van der Waals surface area contributed by atoms with Crippen LogP contribution in [0, 0.1) is 6.92 Å². The van der Waals surface area contributed by atoms with Crippen molar-refractivity contribution in [2.75, 3.05) is 5.75 Å². The van der Waals surface area contributed by atoms with Crippen LogP contribution in [0.15, 0.2) is 38.0 Å². The van der Waals surface area contributed by atoms with Crippen molar-refractivity contribution in [2.45, 2.75) is 20.6 Å². The maximum Gasteiger partial charge on any atom is 0.227 e. The van der Waals surface area contributed by atoms with Gasteiger partial charge >= 0.3 is 0 Å². The lowest BCUT2D eigenvalue weighted by Gasteiger charge is -2.06. The molecule has 0 fully saturated rings. The number of nitrogens with two attached hydrogens (primary N) is 1. The maximum atomic E-state index is 10.9. The molecule has 2 N–H and O–H groups in total. The Bertz CT molecular complexity index is 1140. The van der Waals surface area contributed by atoms with Gasteiger partial charge in [-0.3, -0.25) is 4.79 Å². The van der Waals surface area contributed by atoms with Crippen molar-refractivity contribution in [3.8, 4) is 0 Å². The van der Waals surface area contributed by atoms with Gasteiger partial charge in [-0.15, -0.1) is 10.2 Å². The average Bonchev–Trinajstić information content (AvgIpc) is 3.19. The zero-order valence-corrected chi connectivity index (χ0v) is 16.5. The van der Waals surface area contributed by atoms with Crippen molar-refractivity contribution in [1.29, 1.82) is 0 Å². The second-order valence-corrected chi connectivity index (χ2v) is 9.07. The van der Waals surface area contributed by atoms with Gasteiger partial charge in [-0.25, -0.2) is 9.50 Å². The van der Waals surface area contributed by atoms with E-state index in [1.807, 2.05) is 31.2 Å². The molecule has 0 saturated carbocycles. The number of carbonyl (C=O) groups excluding carboxylic acids is 1. The van der Waals surface area contributed by atoms with Gasteiger partial charge in [0.2, 0.25) is 5.91 Å². The topological polar surface area (TPSA) is 99.1 Å². The van der Waals surface area contributed by atoms with E-state index in [-0.39, 0.29) is 11.7 Å². The number of aryl methyl sites for hydroxylation is 1. The molecule has 0 spiro atoms. The first-order valence-corrected chi connectivity index (χ1v) is 10.4. The largest absolute Gasteiger partial charge is 0.369 e. The number of nitrogens with zero attached hydrogens (tertiary/aromatic N) is 5. The van der Waals surface area contributed by atoms with Gasteiger partial charge in [0.15, 0.2) is 14.3 Å². The fraction of sp³-hybridized carbons (Fsp3) is 0.133. The van der Waals surface area contributed by atoms with Gasteiger partial charge < -0.3 is 5.73 Å². The lowest BCUT2D eigenvalue weighted by atomic mass is 10.2. The van der Waals surface area contributed by atoms with Crippen LogP contribution < -0.4 is 5.73 Å². The highest BCUT2D eigenvalue weighted by Gasteiger charge is 2.17. The van der Waals surface area contributed by atoms with Gasteiger partial charge in [0.25, 0.3) is 0 Å². The van der Waals surface area contributed by atoms with Crippen LogP contribution in [0.1, 0.15) is 5.69 Å². The minimum Gasteiger partial charge on any atom is -0.369 e. The number of para-hydroxylation sites is 1. The molecule has 4 rings (SSSR count). The summed E-state index contributed by atoms with van der Waals surface area (Å²) < 4.78 is 3.17. The first-order valence-electron chi connectivity index (χ1n) is 7.39. The summed E-state index contributed by atoms with van der Waals surface area (Å²) in [4.78, 5) is 15.6. The second kappa shape index (κ2) is 7.03. The zero-order valence-electron chi connectivity index (χ0n) is 13.3. The number of primary amides is 1. The van der Waals surface area contributed by atoms with E-state index in [0.717, 1.165) is 26.0 Å². The van der Waals surface area contributed by atoms with Crippen molar-refractivity contribution in [3.05, 3.63) is 35.0 Å². The molecule has 0 aliphatic rings. The number of rotatable bonds is 5. The smallest absolute Gasteiger partial charge is 0.227 e. The molecule has 0 aliphatic carbocycles. The summed E-state index contributed by atoms with van der Waals surface area (Å²) in [6, 6.07) is 7.86. The lowest BCUT2D eigenvalue weighted by Crippen LogP contribution is -2.12. The molecule has 0 saturated heterocycles. The van der Waals surface area contributed by atoms with E-state index < -0.39 is 0 Å². The Hall–Kier alpha value is -1.88. The van der Waals surface area contributed by atoms with E-state index in [1.54, 1.807) is 4.52 Å². The fourth-order valence-corrected chi connectivity index (χ4v) is 5.29. The number of thioether (sulfide) groups is 1. The summed E-state index contributed by atoms with van der Waals surface area (Å²) in [5, 5.41) is 15.0. The lowest BCUT2D eigenvalue weighted by molar-refractivity contribution is -0.115. The molecule has 132 valence electrons. The van der Waals surface area contributed by atoms with Gasteiger partial charge in [-0.2, -0.15) is 5.10 Å². The number of hydrogen-bond donors (Lipinski definition) is 1. The fourth-order valence-electron chi connectivity index (χ4n) is 2.35. The Labute approximate surface area is 165 Å². The Morgan fingerprint density at radius 1 is 1.31 bits per heavy atom. The molecule has 11 heteroatoms. The van der Waals surface area contributed by atoms with Gasteiger partial charge in [0, 0.05) is 5.39 Å². The molecular weight excluding hydrogens is 412 g/mol. The number of amides is 1. The third-order valence-corrected chi connectivity index (χ3v) is 7.02. The van der Waals surface area contributed by atoms with E-state index in [2.05, 4.69) is 15.3 Å². The summed E-state index contributed by atoms with van der Waals surface area (Å²) >= 11 is 10.4. The number of hydrogen-bond acceptors (Lipinski definition) is 8. The standard InChI is InChI=1S/C15H11ClN6OS3/c1-7-11(16)12-18-13(8-4-2-3-5-9(8)22(12)21-7)25-15-20-19-14(26-15)24-6-10(17)23/h2-5H,6H2,1H3,(H2,17,23). The molecule has 0 bridgehead atoms. The number of fused-ring (bicyclic) bond motifs is 3. The Morgan fingerprint density at radius 3 is 2.88 bits per heavy atom. The first kappa shape index (κ1) is 17.5.